The highest BCUT2D eigenvalue weighted by atomic mass is 32.2. The van der Waals surface area contributed by atoms with Crippen LogP contribution in [0.2, 0.25) is 0 Å². The van der Waals surface area contributed by atoms with Crippen molar-refractivity contribution < 1.29 is 21.6 Å². The summed E-state index contributed by atoms with van der Waals surface area (Å²) in [5.74, 6) is -0.178. The van der Waals surface area contributed by atoms with E-state index in [4.69, 9.17) is 0 Å². The second-order valence-electron chi connectivity index (χ2n) is 5.12. The quantitative estimate of drug-likeness (QED) is 0.895. The molecule has 1 saturated heterocycles. The van der Waals surface area contributed by atoms with Crippen LogP contribution in [0.3, 0.4) is 0 Å². The Kier molecular flexibility index (Phi) is 4.77. The fourth-order valence-electron chi connectivity index (χ4n) is 2.39. The molecule has 2 N–H and O–H groups in total. The predicted molar refractivity (Wildman–Crippen MR) is 74.4 cm³/mol. The number of para-hydroxylation sites is 1. The molecular formula is C13H17F3N2O2S. The molecule has 0 unspecified atom stereocenters. The Bertz CT molecular complexity index is 581. The highest BCUT2D eigenvalue weighted by Crippen LogP contribution is 2.35. The lowest BCUT2D eigenvalue weighted by Crippen LogP contribution is -2.33. The minimum absolute atomic E-state index is 0.0261. The molecule has 1 aromatic carbocycles. The van der Waals surface area contributed by atoms with Crippen LogP contribution in [-0.2, 0) is 16.2 Å². The zero-order valence-electron chi connectivity index (χ0n) is 11.3. The number of nitrogens with one attached hydrogen (secondary N) is 2. The van der Waals surface area contributed by atoms with E-state index in [0.29, 0.717) is 12.8 Å². The van der Waals surface area contributed by atoms with Crippen molar-refractivity contribution in [2.75, 3.05) is 23.6 Å². The van der Waals surface area contributed by atoms with Crippen LogP contribution in [0.4, 0.5) is 18.9 Å². The molecule has 1 aliphatic heterocycles. The SMILES string of the molecule is O=S(=O)(CC1CCNCC1)Nc1ccccc1C(F)(F)F. The van der Waals surface area contributed by atoms with Crippen molar-refractivity contribution in [1.82, 2.24) is 5.32 Å². The molecule has 0 spiro atoms. The summed E-state index contributed by atoms with van der Waals surface area (Å²) in [6.45, 7) is 1.47. The minimum Gasteiger partial charge on any atom is -0.317 e. The number of benzene rings is 1. The van der Waals surface area contributed by atoms with Crippen LogP contribution < -0.4 is 10.0 Å². The van der Waals surface area contributed by atoms with Gasteiger partial charge in [-0.2, -0.15) is 13.2 Å². The smallest absolute Gasteiger partial charge is 0.317 e. The first-order valence-corrected chi connectivity index (χ1v) is 8.30. The van der Waals surface area contributed by atoms with Crippen LogP contribution in [0.5, 0.6) is 0 Å². The molecule has 1 aromatic rings. The third-order valence-electron chi connectivity index (χ3n) is 3.41. The molecule has 1 heterocycles. The van der Waals surface area contributed by atoms with Gasteiger partial charge in [0.25, 0.3) is 0 Å². The lowest BCUT2D eigenvalue weighted by atomic mass is 10.0. The Labute approximate surface area is 121 Å². The molecule has 21 heavy (non-hydrogen) atoms. The van der Waals surface area contributed by atoms with Gasteiger partial charge in [0.1, 0.15) is 0 Å². The summed E-state index contributed by atoms with van der Waals surface area (Å²) in [6, 6.07) is 4.59. The van der Waals surface area contributed by atoms with Gasteiger partial charge in [0.05, 0.1) is 17.0 Å². The number of hydrogen-bond donors (Lipinski definition) is 2. The van der Waals surface area contributed by atoms with Crippen LogP contribution >= 0.6 is 0 Å². The fourth-order valence-corrected chi connectivity index (χ4v) is 3.94. The van der Waals surface area contributed by atoms with Crippen LogP contribution in [0.25, 0.3) is 0 Å². The normalized spacial score (nSPS) is 17.7. The molecule has 0 amide bonds. The molecular weight excluding hydrogens is 305 g/mol. The van der Waals surface area contributed by atoms with E-state index in [1.807, 2.05) is 0 Å². The van der Waals surface area contributed by atoms with Gasteiger partial charge < -0.3 is 5.32 Å². The second kappa shape index (κ2) is 6.23. The average molecular weight is 322 g/mol. The minimum atomic E-state index is -4.59. The fraction of sp³-hybridized carbons (Fsp3) is 0.538. The maximum absolute atomic E-state index is 12.8. The number of alkyl halides is 3. The summed E-state index contributed by atoms with van der Waals surface area (Å²) in [7, 11) is -3.79. The Morgan fingerprint density at radius 2 is 1.81 bits per heavy atom. The van der Waals surface area contributed by atoms with E-state index in [2.05, 4.69) is 10.0 Å². The van der Waals surface area contributed by atoms with E-state index in [-0.39, 0.29) is 11.7 Å². The molecule has 0 bridgehead atoms. The van der Waals surface area contributed by atoms with Crippen molar-refractivity contribution in [3.05, 3.63) is 29.8 Å². The summed E-state index contributed by atoms with van der Waals surface area (Å²) in [6.07, 6.45) is -3.17. The molecule has 1 fully saturated rings. The summed E-state index contributed by atoms with van der Waals surface area (Å²) in [5.41, 5.74) is -1.39. The summed E-state index contributed by atoms with van der Waals surface area (Å²) in [5, 5.41) is 3.12. The Balaban J connectivity index is 2.13. The van der Waals surface area contributed by atoms with Crippen LogP contribution in [0.1, 0.15) is 18.4 Å². The van der Waals surface area contributed by atoms with Crippen molar-refractivity contribution >= 4 is 15.7 Å². The Hall–Kier alpha value is -1.28. The average Bonchev–Trinajstić information content (AvgIpc) is 2.38. The van der Waals surface area contributed by atoms with Gasteiger partial charge >= 0.3 is 6.18 Å². The predicted octanol–water partition coefficient (Wildman–Crippen LogP) is 2.45. The molecule has 8 heteroatoms. The lowest BCUT2D eigenvalue weighted by Gasteiger charge is -2.23. The lowest BCUT2D eigenvalue weighted by molar-refractivity contribution is -0.136. The zero-order chi connectivity index (χ0) is 15.5. The number of sulfonamides is 1. The molecule has 1 aliphatic rings. The summed E-state index contributed by atoms with van der Waals surface area (Å²) >= 11 is 0. The highest BCUT2D eigenvalue weighted by molar-refractivity contribution is 7.92. The number of hydrogen-bond acceptors (Lipinski definition) is 3. The van der Waals surface area contributed by atoms with Gasteiger partial charge in [0.15, 0.2) is 0 Å². The molecule has 0 saturated carbocycles. The van der Waals surface area contributed by atoms with Gasteiger partial charge in [0.2, 0.25) is 10.0 Å². The van der Waals surface area contributed by atoms with Crippen molar-refractivity contribution in [3.8, 4) is 0 Å². The number of anilines is 1. The van der Waals surface area contributed by atoms with Gasteiger partial charge in [-0.1, -0.05) is 12.1 Å². The molecule has 0 atom stereocenters. The standard InChI is InChI=1S/C13H17F3N2O2S/c14-13(15,16)11-3-1-2-4-12(11)18-21(19,20)9-10-5-7-17-8-6-10/h1-4,10,17-18H,5-9H2. The van der Waals surface area contributed by atoms with E-state index in [1.165, 1.54) is 12.1 Å². The molecule has 4 nitrogen and oxygen atoms in total. The van der Waals surface area contributed by atoms with Gasteiger partial charge in [-0.05, 0) is 44.0 Å². The van der Waals surface area contributed by atoms with Crippen molar-refractivity contribution in [2.24, 2.45) is 5.92 Å². The van der Waals surface area contributed by atoms with Gasteiger partial charge in [-0.25, -0.2) is 8.42 Å². The van der Waals surface area contributed by atoms with Crippen LogP contribution in [0, 0.1) is 5.92 Å². The summed E-state index contributed by atoms with van der Waals surface area (Å²) in [4.78, 5) is 0. The van der Waals surface area contributed by atoms with Crippen molar-refractivity contribution in [3.63, 3.8) is 0 Å². The van der Waals surface area contributed by atoms with E-state index >= 15 is 0 Å². The molecule has 118 valence electrons. The number of rotatable bonds is 4. The largest absolute Gasteiger partial charge is 0.418 e. The monoisotopic (exact) mass is 322 g/mol. The van der Waals surface area contributed by atoms with Crippen LogP contribution in [-0.4, -0.2) is 27.3 Å². The van der Waals surface area contributed by atoms with Crippen molar-refractivity contribution in [1.29, 1.82) is 0 Å². The highest BCUT2D eigenvalue weighted by Gasteiger charge is 2.34. The first-order chi connectivity index (χ1) is 9.78. The second-order valence-corrected chi connectivity index (χ2v) is 6.89. The number of piperidine rings is 1. The van der Waals surface area contributed by atoms with Gasteiger partial charge in [-0.3, -0.25) is 4.72 Å². The molecule has 0 radical (unpaired) electrons. The van der Waals surface area contributed by atoms with Crippen molar-refractivity contribution in [2.45, 2.75) is 19.0 Å². The number of halogens is 3. The Morgan fingerprint density at radius 1 is 1.19 bits per heavy atom. The van der Waals surface area contributed by atoms with E-state index in [9.17, 15) is 21.6 Å². The third-order valence-corrected chi connectivity index (χ3v) is 4.85. The van der Waals surface area contributed by atoms with Crippen LogP contribution in [0.15, 0.2) is 24.3 Å². The Morgan fingerprint density at radius 3 is 2.43 bits per heavy atom. The van der Waals surface area contributed by atoms with E-state index in [0.717, 1.165) is 25.2 Å². The maximum atomic E-state index is 12.8. The third kappa shape index (κ3) is 4.60. The first kappa shape index (κ1) is 16.1. The molecule has 0 aliphatic carbocycles. The van der Waals surface area contributed by atoms with E-state index in [1.54, 1.807) is 0 Å². The first-order valence-electron chi connectivity index (χ1n) is 6.65. The zero-order valence-corrected chi connectivity index (χ0v) is 12.1. The molecule has 0 aromatic heterocycles. The topological polar surface area (TPSA) is 58.2 Å². The van der Waals surface area contributed by atoms with Gasteiger partial charge in [0, 0.05) is 0 Å². The van der Waals surface area contributed by atoms with Gasteiger partial charge in [-0.15, -0.1) is 0 Å². The molecule has 2 rings (SSSR count). The van der Waals surface area contributed by atoms with E-state index < -0.39 is 27.5 Å². The maximum Gasteiger partial charge on any atom is 0.418 e. The summed E-state index contributed by atoms with van der Waals surface area (Å²) < 4.78 is 64.7.